The lowest BCUT2D eigenvalue weighted by Gasteiger charge is -2.30. The second-order valence-electron chi connectivity index (χ2n) is 7.78. The Kier molecular flexibility index (Phi) is 5.61. The highest BCUT2D eigenvalue weighted by atomic mass is 32.2. The third-order valence-electron chi connectivity index (χ3n) is 5.59. The zero-order valence-electron chi connectivity index (χ0n) is 16.9. The molecule has 5 amide bonds. The van der Waals surface area contributed by atoms with Crippen molar-refractivity contribution in [3.8, 4) is 0 Å². The average Bonchev–Trinajstić information content (AvgIpc) is 2.97. The van der Waals surface area contributed by atoms with Gasteiger partial charge in [0.15, 0.2) is 6.61 Å². The van der Waals surface area contributed by atoms with Gasteiger partial charge in [-0.15, -0.1) is 11.8 Å². The van der Waals surface area contributed by atoms with E-state index in [0.29, 0.717) is 23.5 Å². The fraction of sp³-hybridized carbons (Fsp3) is 0.450. The van der Waals surface area contributed by atoms with Crippen molar-refractivity contribution >= 4 is 47.2 Å². The smallest absolute Gasteiger partial charge is 0.344 e. The number of nitrogens with zero attached hydrogens (tertiary/aromatic N) is 1. The molecule has 0 aromatic heterocycles. The van der Waals surface area contributed by atoms with Crippen molar-refractivity contribution in [2.45, 2.75) is 54.7 Å². The molecule has 4 rings (SSSR count). The van der Waals surface area contributed by atoms with E-state index in [0.717, 1.165) is 24.2 Å². The normalized spacial score (nSPS) is 21.9. The molecule has 1 saturated carbocycles. The molecule has 31 heavy (non-hydrogen) atoms. The van der Waals surface area contributed by atoms with Crippen molar-refractivity contribution in [2.24, 2.45) is 0 Å². The Balaban J connectivity index is 1.33. The van der Waals surface area contributed by atoms with E-state index in [4.69, 9.17) is 4.74 Å². The van der Waals surface area contributed by atoms with E-state index in [9.17, 15) is 24.0 Å². The largest absolute Gasteiger partial charge is 0.452 e. The number of urea groups is 1. The first kappa shape index (κ1) is 21.2. The summed E-state index contributed by atoms with van der Waals surface area (Å²) in [6.45, 7) is 1.11. The molecule has 1 spiro atoms. The minimum absolute atomic E-state index is 0.160. The maximum absolute atomic E-state index is 12.7. The SMILES string of the molecule is CC1Sc2ccc(C(=O)OCC(=O)NN3C(=O)NC4(CCCCC4)C3=O)cc2NC1=O. The summed E-state index contributed by atoms with van der Waals surface area (Å²) in [5, 5.41) is 5.83. The fourth-order valence-corrected chi connectivity index (χ4v) is 4.85. The van der Waals surface area contributed by atoms with E-state index in [2.05, 4.69) is 16.1 Å². The van der Waals surface area contributed by atoms with Crippen molar-refractivity contribution < 1.29 is 28.7 Å². The van der Waals surface area contributed by atoms with Crippen LogP contribution < -0.4 is 16.1 Å². The minimum Gasteiger partial charge on any atom is -0.452 e. The Morgan fingerprint density at radius 2 is 1.97 bits per heavy atom. The number of ether oxygens (including phenoxy) is 1. The molecule has 1 saturated heterocycles. The number of imide groups is 1. The molecule has 10 nitrogen and oxygen atoms in total. The Morgan fingerprint density at radius 1 is 1.23 bits per heavy atom. The number of rotatable bonds is 4. The van der Waals surface area contributed by atoms with Crippen molar-refractivity contribution in [1.29, 1.82) is 0 Å². The van der Waals surface area contributed by atoms with Crippen LogP contribution in [0.2, 0.25) is 0 Å². The van der Waals surface area contributed by atoms with Crippen LogP contribution in [-0.4, -0.2) is 52.1 Å². The summed E-state index contributed by atoms with van der Waals surface area (Å²) in [5.74, 6) is -2.22. The molecule has 1 aromatic rings. The maximum Gasteiger partial charge on any atom is 0.344 e. The van der Waals surface area contributed by atoms with Crippen LogP contribution in [0.25, 0.3) is 0 Å². The molecule has 2 aliphatic heterocycles. The van der Waals surface area contributed by atoms with Gasteiger partial charge in [0.05, 0.1) is 16.5 Å². The van der Waals surface area contributed by atoms with Crippen LogP contribution in [0.1, 0.15) is 49.4 Å². The highest BCUT2D eigenvalue weighted by Crippen LogP contribution is 2.36. The monoisotopic (exact) mass is 446 g/mol. The van der Waals surface area contributed by atoms with Crippen molar-refractivity contribution in [3.63, 3.8) is 0 Å². The molecular weight excluding hydrogens is 424 g/mol. The predicted octanol–water partition coefficient (Wildman–Crippen LogP) is 1.56. The summed E-state index contributed by atoms with van der Waals surface area (Å²) >= 11 is 1.38. The van der Waals surface area contributed by atoms with Gasteiger partial charge in [0.2, 0.25) is 5.91 Å². The number of anilines is 1. The van der Waals surface area contributed by atoms with E-state index >= 15 is 0 Å². The molecule has 2 fully saturated rings. The first-order valence-electron chi connectivity index (χ1n) is 10.0. The topological polar surface area (TPSA) is 134 Å². The van der Waals surface area contributed by atoms with Crippen LogP contribution in [-0.2, 0) is 19.1 Å². The predicted molar refractivity (Wildman–Crippen MR) is 110 cm³/mol. The molecule has 2 heterocycles. The number of hydrogen-bond donors (Lipinski definition) is 3. The quantitative estimate of drug-likeness (QED) is 0.472. The number of hydrazine groups is 1. The number of fused-ring (bicyclic) bond motifs is 1. The van der Waals surface area contributed by atoms with Crippen LogP contribution in [0.3, 0.4) is 0 Å². The van der Waals surface area contributed by atoms with Gasteiger partial charge in [-0.3, -0.25) is 19.8 Å². The summed E-state index contributed by atoms with van der Waals surface area (Å²) in [4.78, 5) is 62.0. The van der Waals surface area contributed by atoms with Crippen LogP contribution in [0.4, 0.5) is 10.5 Å². The number of esters is 1. The summed E-state index contributed by atoms with van der Waals surface area (Å²) in [6, 6.07) is 4.03. The van der Waals surface area contributed by atoms with Gasteiger partial charge in [-0.25, -0.2) is 9.59 Å². The molecule has 11 heteroatoms. The molecule has 1 aliphatic carbocycles. The van der Waals surface area contributed by atoms with Gasteiger partial charge in [0, 0.05) is 4.90 Å². The average molecular weight is 446 g/mol. The Labute approximate surface area is 182 Å². The van der Waals surface area contributed by atoms with Crippen LogP contribution in [0, 0.1) is 0 Å². The zero-order valence-corrected chi connectivity index (χ0v) is 17.7. The van der Waals surface area contributed by atoms with Crippen LogP contribution >= 0.6 is 11.8 Å². The molecule has 164 valence electrons. The molecule has 1 aromatic carbocycles. The zero-order chi connectivity index (χ0) is 22.2. The Bertz CT molecular complexity index is 974. The molecule has 3 N–H and O–H groups in total. The van der Waals surface area contributed by atoms with Crippen molar-refractivity contribution in [1.82, 2.24) is 15.8 Å². The van der Waals surface area contributed by atoms with E-state index in [1.165, 1.54) is 17.8 Å². The van der Waals surface area contributed by atoms with E-state index in [1.54, 1.807) is 19.1 Å². The molecule has 0 bridgehead atoms. The third-order valence-corrected chi connectivity index (χ3v) is 6.76. The standard InChI is InChI=1S/C20H22N4O6S/c1-11-16(26)21-13-9-12(5-6-14(13)31-11)17(27)30-10-15(25)23-24-18(28)20(22-19(24)29)7-3-2-4-8-20/h5-6,9,11H,2-4,7-8,10H2,1H3,(H,21,26)(H,22,29)(H,23,25). The van der Waals surface area contributed by atoms with Crippen LogP contribution in [0.5, 0.6) is 0 Å². The van der Waals surface area contributed by atoms with Crippen LogP contribution in [0.15, 0.2) is 23.1 Å². The number of carbonyl (C=O) groups excluding carboxylic acids is 5. The second kappa shape index (κ2) is 8.22. The van der Waals surface area contributed by atoms with Crippen molar-refractivity contribution in [2.75, 3.05) is 11.9 Å². The van der Waals surface area contributed by atoms with Gasteiger partial charge in [-0.1, -0.05) is 19.3 Å². The summed E-state index contributed by atoms with van der Waals surface area (Å²) < 4.78 is 5.01. The molecule has 1 unspecified atom stereocenters. The summed E-state index contributed by atoms with van der Waals surface area (Å²) in [5.41, 5.74) is 1.93. The molecular formula is C20H22N4O6S. The lowest BCUT2D eigenvalue weighted by atomic mass is 9.82. The number of amides is 5. The number of benzene rings is 1. The lowest BCUT2D eigenvalue weighted by molar-refractivity contribution is -0.140. The highest BCUT2D eigenvalue weighted by Gasteiger charge is 2.52. The number of carbonyl (C=O) groups is 5. The number of thioether (sulfide) groups is 1. The fourth-order valence-electron chi connectivity index (χ4n) is 3.92. The Morgan fingerprint density at radius 3 is 2.71 bits per heavy atom. The summed E-state index contributed by atoms with van der Waals surface area (Å²) in [7, 11) is 0. The van der Waals surface area contributed by atoms with Gasteiger partial charge < -0.3 is 15.4 Å². The maximum atomic E-state index is 12.7. The third kappa shape index (κ3) is 4.09. The van der Waals surface area contributed by atoms with E-state index in [1.807, 2.05) is 0 Å². The number of nitrogens with one attached hydrogen (secondary N) is 3. The van der Waals surface area contributed by atoms with E-state index < -0.39 is 36.0 Å². The lowest BCUT2D eigenvalue weighted by Crippen LogP contribution is -2.51. The molecule has 1 atom stereocenters. The highest BCUT2D eigenvalue weighted by molar-refractivity contribution is 8.00. The Hall–Kier alpha value is -3.08. The first-order chi connectivity index (χ1) is 14.8. The molecule has 3 aliphatic rings. The second-order valence-corrected chi connectivity index (χ2v) is 9.17. The van der Waals surface area contributed by atoms with Gasteiger partial charge in [-0.05, 0) is 38.0 Å². The van der Waals surface area contributed by atoms with Gasteiger partial charge >= 0.3 is 12.0 Å². The summed E-state index contributed by atoms with van der Waals surface area (Å²) in [6.07, 6.45) is 3.71. The minimum atomic E-state index is -0.956. The van der Waals surface area contributed by atoms with E-state index in [-0.39, 0.29) is 16.7 Å². The number of hydrogen-bond acceptors (Lipinski definition) is 7. The first-order valence-corrected chi connectivity index (χ1v) is 10.9. The van der Waals surface area contributed by atoms with Crippen molar-refractivity contribution in [3.05, 3.63) is 23.8 Å². The van der Waals surface area contributed by atoms with Gasteiger partial charge in [0.25, 0.3) is 11.8 Å². The molecule has 0 radical (unpaired) electrons. The van der Waals surface area contributed by atoms with Gasteiger partial charge in [0.1, 0.15) is 5.54 Å². The van der Waals surface area contributed by atoms with Gasteiger partial charge in [-0.2, -0.15) is 5.01 Å².